The van der Waals surface area contributed by atoms with Crippen molar-refractivity contribution in [1.29, 1.82) is 0 Å². The number of ether oxygens (including phenoxy) is 3. The van der Waals surface area contributed by atoms with Crippen molar-refractivity contribution in [3.63, 3.8) is 0 Å². The first kappa shape index (κ1) is 16.6. The third kappa shape index (κ3) is 2.91. The van der Waals surface area contributed by atoms with Crippen LogP contribution in [-0.2, 0) is 14.3 Å². The molecule has 0 spiro atoms. The molecule has 1 aromatic heterocycles. The van der Waals surface area contributed by atoms with E-state index in [1.165, 1.54) is 7.11 Å². The maximum Gasteiger partial charge on any atom is 0.320 e. The molecule has 1 aliphatic rings. The van der Waals surface area contributed by atoms with Gasteiger partial charge in [0.2, 0.25) is 0 Å². The minimum atomic E-state index is -3.07. The van der Waals surface area contributed by atoms with Gasteiger partial charge in [0, 0.05) is 25.1 Å². The van der Waals surface area contributed by atoms with E-state index in [9.17, 15) is 13.6 Å². The van der Waals surface area contributed by atoms with E-state index in [-0.39, 0.29) is 19.8 Å². The number of rotatable bonds is 7. The summed E-state index contributed by atoms with van der Waals surface area (Å²) >= 11 is 0. The van der Waals surface area contributed by atoms with Gasteiger partial charge >= 0.3 is 5.97 Å². The predicted molar refractivity (Wildman–Crippen MR) is 82.1 cm³/mol. The summed E-state index contributed by atoms with van der Waals surface area (Å²) < 4.78 is 42.1. The number of para-hydroxylation sites is 1. The normalized spacial score (nSPS) is 21.5. The predicted octanol–water partition coefficient (Wildman–Crippen LogP) is 2.83. The van der Waals surface area contributed by atoms with Crippen LogP contribution in [0.3, 0.4) is 0 Å². The van der Waals surface area contributed by atoms with Crippen LogP contribution in [0.2, 0.25) is 0 Å². The zero-order chi connectivity index (χ0) is 17.2. The number of carbonyl (C=O) groups is 1. The summed E-state index contributed by atoms with van der Waals surface area (Å²) in [6, 6.07) is 9.14. The van der Waals surface area contributed by atoms with Crippen molar-refractivity contribution in [1.82, 2.24) is 4.98 Å². The van der Waals surface area contributed by atoms with Gasteiger partial charge in [0.1, 0.15) is 19.0 Å². The molecule has 2 aromatic rings. The molecule has 24 heavy (non-hydrogen) atoms. The fourth-order valence-electron chi connectivity index (χ4n) is 2.64. The number of nitrogens with zero attached hydrogens (tertiary/aromatic N) is 1. The van der Waals surface area contributed by atoms with Crippen molar-refractivity contribution in [3.8, 4) is 5.75 Å². The third-order valence-electron chi connectivity index (χ3n) is 4.06. The molecule has 1 aliphatic carbocycles. The van der Waals surface area contributed by atoms with E-state index in [2.05, 4.69) is 4.98 Å². The number of aromatic nitrogens is 1. The van der Waals surface area contributed by atoms with Crippen molar-refractivity contribution in [2.45, 2.75) is 12.3 Å². The number of methoxy groups -OCH3 is 1. The SMILES string of the molecule is COCC1(C(=O)OCCOc2ccnc3ccccc23)CC1(F)F. The number of carbonyl (C=O) groups excluding carboxylic acids is 1. The highest BCUT2D eigenvalue weighted by Gasteiger charge is 2.77. The molecule has 1 saturated carbocycles. The molecule has 1 fully saturated rings. The molecule has 0 radical (unpaired) electrons. The summed E-state index contributed by atoms with van der Waals surface area (Å²) in [7, 11) is 1.28. The summed E-state index contributed by atoms with van der Waals surface area (Å²) in [5.74, 6) is -3.42. The van der Waals surface area contributed by atoms with Gasteiger partial charge in [-0.1, -0.05) is 12.1 Å². The first-order valence-electron chi connectivity index (χ1n) is 7.51. The summed E-state index contributed by atoms with van der Waals surface area (Å²) in [6.45, 7) is -0.403. The van der Waals surface area contributed by atoms with Gasteiger partial charge < -0.3 is 14.2 Å². The van der Waals surface area contributed by atoms with Gasteiger partial charge in [0.05, 0.1) is 12.1 Å². The van der Waals surface area contributed by atoms with Gasteiger partial charge in [-0.25, -0.2) is 8.78 Å². The van der Waals surface area contributed by atoms with Crippen LogP contribution in [0, 0.1) is 5.41 Å². The monoisotopic (exact) mass is 337 g/mol. The Bertz CT molecular complexity index is 747. The van der Waals surface area contributed by atoms with Crippen LogP contribution in [-0.4, -0.2) is 43.8 Å². The Hall–Kier alpha value is -2.28. The standard InChI is InChI=1S/C17H17F2NO4/c1-22-11-16(10-17(16,18)19)15(21)24-9-8-23-14-6-7-20-13-5-3-2-4-12(13)14/h2-7H,8-11H2,1H3. The molecule has 3 rings (SSSR count). The van der Waals surface area contributed by atoms with Gasteiger partial charge in [-0.3, -0.25) is 9.78 Å². The van der Waals surface area contributed by atoms with Gasteiger partial charge in [0.25, 0.3) is 5.92 Å². The Labute approximate surface area is 137 Å². The number of pyridine rings is 1. The van der Waals surface area contributed by atoms with Gasteiger partial charge in [-0.15, -0.1) is 0 Å². The summed E-state index contributed by atoms with van der Waals surface area (Å²) in [6.07, 6.45) is 1.07. The van der Waals surface area contributed by atoms with Crippen LogP contribution in [0.1, 0.15) is 6.42 Å². The van der Waals surface area contributed by atoms with Crippen LogP contribution in [0.4, 0.5) is 8.78 Å². The van der Waals surface area contributed by atoms with E-state index in [0.29, 0.717) is 5.75 Å². The molecule has 0 N–H and O–H groups in total. The molecular formula is C17H17F2NO4. The van der Waals surface area contributed by atoms with Crippen molar-refractivity contribution >= 4 is 16.9 Å². The summed E-state index contributed by atoms with van der Waals surface area (Å²) in [4.78, 5) is 16.1. The van der Waals surface area contributed by atoms with Crippen molar-refractivity contribution in [2.75, 3.05) is 26.9 Å². The van der Waals surface area contributed by atoms with Gasteiger partial charge in [-0.2, -0.15) is 0 Å². The van der Waals surface area contributed by atoms with Gasteiger partial charge in [-0.05, 0) is 18.2 Å². The molecule has 0 saturated heterocycles. The molecule has 0 bridgehead atoms. The van der Waals surface area contributed by atoms with E-state index in [1.54, 1.807) is 12.3 Å². The number of fused-ring (bicyclic) bond motifs is 1. The zero-order valence-corrected chi connectivity index (χ0v) is 13.1. The lowest BCUT2D eigenvalue weighted by Gasteiger charge is -2.15. The second kappa shape index (κ2) is 6.32. The second-order valence-corrected chi connectivity index (χ2v) is 5.71. The molecule has 1 heterocycles. The molecule has 128 valence electrons. The molecule has 1 unspecified atom stereocenters. The van der Waals surface area contributed by atoms with Crippen molar-refractivity contribution in [2.24, 2.45) is 5.41 Å². The molecule has 7 heteroatoms. The largest absolute Gasteiger partial charge is 0.489 e. The van der Waals surface area contributed by atoms with Gasteiger partial charge in [0.15, 0.2) is 5.41 Å². The molecule has 0 amide bonds. The first-order valence-corrected chi connectivity index (χ1v) is 7.51. The second-order valence-electron chi connectivity index (χ2n) is 5.71. The van der Waals surface area contributed by atoms with Crippen LogP contribution >= 0.6 is 0 Å². The summed E-state index contributed by atoms with van der Waals surface area (Å²) in [5.41, 5.74) is -1.06. The van der Waals surface area contributed by atoms with Crippen molar-refractivity contribution in [3.05, 3.63) is 36.5 Å². The van der Waals surface area contributed by atoms with E-state index in [4.69, 9.17) is 14.2 Å². The highest BCUT2D eigenvalue weighted by molar-refractivity contribution is 5.84. The zero-order valence-electron chi connectivity index (χ0n) is 13.1. The Balaban J connectivity index is 1.55. The van der Waals surface area contributed by atoms with E-state index in [0.717, 1.165) is 10.9 Å². The molecule has 1 atom stereocenters. The van der Waals surface area contributed by atoms with E-state index < -0.39 is 23.7 Å². The molecule has 0 aliphatic heterocycles. The number of esters is 1. The van der Waals surface area contributed by atoms with Crippen LogP contribution in [0.25, 0.3) is 10.9 Å². The average Bonchev–Trinajstić information content (AvgIpc) is 3.14. The Kier molecular flexibility index (Phi) is 4.36. The number of hydrogen-bond donors (Lipinski definition) is 0. The number of halogens is 2. The number of hydrogen-bond acceptors (Lipinski definition) is 5. The Morgan fingerprint density at radius 2 is 2.00 bits per heavy atom. The number of benzene rings is 1. The maximum atomic E-state index is 13.4. The quantitative estimate of drug-likeness (QED) is 0.574. The lowest BCUT2D eigenvalue weighted by atomic mass is 10.1. The minimum absolute atomic E-state index is 0.0639. The average molecular weight is 337 g/mol. The lowest BCUT2D eigenvalue weighted by molar-refractivity contribution is -0.158. The Morgan fingerprint density at radius 1 is 1.25 bits per heavy atom. The topological polar surface area (TPSA) is 57.7 Å². The van der Waals surface area contributed by atoms with E-state index >= 15 is 0 Å². The molecule has 5 nitrogen and oxygen atoms in total. The van der Waals surface area contributed by atoms with E-state index in [1.807, 2.05) is 24.3 Å². The fourth-order valence-corrected chi connectivity index (χ4v) is 2.64. The van der Waals surface area contributed by atoms with Crippen LogP contribution in [0.15, 0.2) is 36.5 Å². The minimum Gasteiger partial charge on any atom is -0.489 e. The van der Waals surface area contributed by atoms with Crippen LogP contribution in [0.5, 0.6) is 5.75 Å². The highest BCUT2D eigenvalue weighted by Crippen LogP contribution is 2.61. The summed E-state index contributed by atoms with van der Waals surface area (Å²) in [5, 5.41) is 0.830. The highest BCUT2D eigenvalue weighted by atomic mass is 19.3. The van der Waals surface area contributed by atoms with Crippen molar-refractivity contribution < 1.29 is 27.8 Å². The third-order valence-corrected chi connectivity index (χ3v) is 4.06. The maximum absolute atomic E-state index is 13.4. The Morgan fingerprint density at radius 3 is 2.71 bits per heavy atom. The molecule has 1 aromatic carbocycles. The lowest BCUT2D eigenvalue weighted by Crippen LogP contribution is -2.30. The molecular weight excluding hydrogens is 320 g/mol. The fraction of sp³-hybridized carbons (Fsp3) is 0.412. The van der Waals surface area contributed by atoms with Crippen LogP contribution < -0.4 is 4.74 Å². The first-order chi connectivity index (χ1) is 11.5. The number of alkyl halides is 2. The smallest absolute Gasteiger partial charge is 0.320 e.